The summed E-state index contributed by atoms with van der Waals surface area (Å²) in [6, 6.07) is 9.18. The van der Waals surface area contributed by atoms with Gasteiger partial charge in [-0.05, 0) is 31.0 Å². The highest BCUT2D eigenvalue weighted by molar-refractivity contribution is 5.77. The molecule has 0 spiro atoms. The fraction of sp³-hybridized carbons (Fsp3) is 0.500. The quantitative estimate of drug-likeness (QED) is 0.857. The molecule has 1 amide bonds. The Morgan fingerprint density at radius 1 is 1.30 bits per heavy atom. The largest absolute Gasteiger partial charge is 0.484 e. The normalized spacial score (nSPS) is 15.9. The van der Waals surface area contributed by atoms with Crippen molar-refractivity contribution in [3.8, 4) is 11.8 Å². The molecular formula is C16H20N2O2. The van der Waals surface area contributed by atoms with Crippen LogP contribution in [0.4, 0.5) is 0 Å². The first-order valence-corrected chi connectivity index (χ1v) is 7.20. The minimum Gasteiger partial charge on any atom is -0.484 e. The van der Waals surface area contributed by atoms with E-state index in [1.165, 1.54) is 25.7 Å². The van der Waals surface area contributed by atoms with E-state index in [0.29, 0.717) is 17.4 Å². The monoisotopic (exact) mass is 272 g/mol. The van der Waals surface area contributed by atoms with Gasteiger partial charge in [0.15, 0.2) is 6.61 Å². The van der Waals surface area contributed by atoms with Crippen molar-refractivity contribution in [1.82, 2.24) is 5.32 Å². The number of ether oxygens (including phenoxy) is 1. The zero-order valence-electron chi connectivity index (χ0n) is 11.6. The average Bonchev–Trinajstić information content (AvgIpc) is 2.74. The Morgan fingerprint density at radius 3 is 2.75 bits per heavy atom. The number of hydrogen-bond donors (Lipinski definition) is 1. The summed E-state index contributed by atoms with van der Waals surface area (Å²) in [7, 11) is 0. The molecule has 2 rings (SSSR count). The minimum absolute atomic E-state index is 0.00534. The molecule has 0 bridgehead atoms. The number of nitrogens with zero attached hydrogens (tertiary/aromatic N) is 1. The van der Waals surface area contributed by atoms with E-state index in [2.05, 4.69) is 5.32 Å². The zero-order valence-corrected chi connectivity index (χ0v) is 11.6. The molecule has 1 N–H and O–H groups in total. The number of carbonyl (C=O) groups excluding carboxylic acids is 1. The van der Waals surface area contributed by atoms with Crippen molar-refractivity contribution in [2.75, 3.05) is 6.61 Å². The number of nitriles is 1. The van der Waals surface area contributed by atoms with Gasteiger partial charge in [0.1, 0.15) is 5.75 Å². The molecule has 1 fully saturated rings. The maximum Gasteiger partial charge on any atom is 0.258 e. The summed E-state index contributed by atoms with van der Waals surface area (Å²) in [6.45, 7) is 0.00534. The van der Waals surface area contributed by atoms with Gasteiger partial charge in [0.2, 0.25) is 0 Å². The molecule has 0 aliphatic heterocycles. The Labute approximate surface area is 119 Å². The topological polar surface area (TPSA) is 62.1 Å². The lowest BCUT2D eigenvalue weighted by Gasteiger charge is -2.16. The number of nitrogens with one attached hydrogen (secondary N) is 1. The van der Waals surface area contributed by atoms with Crippen LogP contribution in [0.2, 0.25) is 0 Å². The van der Waals surface area contributed by atoms with Crippen LogP contribution in [0.25, 0.3) is 0 Å². The predicted octanol–water partition coefficient (Wildman–Crippen LogP) is 2.78. The van der Waals surface area contributed by atoms with Gasteiger partial charge in [-0.1, -0.05) is 31.7 Å². The fourth-order valence-electron chi connectivity index (χ4n) is 2.50. The molecule has 4 heteroatoms. The highest BCUT2D eigenvalue weighted by Crippen LogP contribution is 2.17. The molecule has 1 aromatic carbocycles. The molecule has 0 unspecified atom stereocenters. The molecule has 1 saturated carbocycles. The third-order valence-corrected chi connectivity index (χ3v) is 3.55. The lowest BCUT2D eigenvalue weighted by atomic mass is 10.1. The van der Waals surface area contributed by atoms with Crippen LogP contribution in [0.3, 0.4) is 0 Å². The molecule has 0 heterocycles. The first-order chi connectivity index (χ1) is 9.78. The summed E-state index contributed by atoms with van der Waals surface area (Å²) in [5, 5.41) is 11.8. The molecule has 106 valence electrons. The second-order valence-corrected chi connectivity index (χ2v) is 5.18. The van der Waals surface area contributed by atoms with Gasteiger partial charge < -0.3 is 10.1 Å². The van der Waals surface area contributed by atoms with Gasteiger partial charge in [-0.15, -0.1) is 0 Å². The van der Waals surface area contributed by atoms with Gasteiger partial charge >= 0.3 is 0 Å². The molecule has 0 atom stereocenters. The molecule has 0 saturated heterocycles. The number of amides is 1. The number of hydrogen-bond acceptors (Lipinski definition) is 3. The standard InChI is InChI=1S/C16H20N2O2/c17-11-13-6-5-9-15(10-13)20-12-16(19)18-14-7-3-1-2-4-8-14/h5-6,9-10,14H,1-4,7-8,12H2,(H,18,19). The number of benzene rings is 1. The molecule has 0 radical (unpaired) electrons. The molecule has 0 aromatic heterocycles. The van der Waals surface area contributed by atoms with Crippen LogP contribution in [0.1, 0.15) is 44.1 Å². The van der Waals surface area contributed by atoms with Crippen LogP contribution in [0.5, 0.6) is 5.75 Å². The van der Waals surface area contributed by atoms with Crippen molar-refractivity contribution in [3.63, 3.8) is 0 Å². The van der Waals surface area contributed by atoms with Crippen molar-refractivity contribution in [2.45, 2.75) is 44.6 Å². The van der Waals surface area contributed by atoms with Crippen molar-refractivity contribution in [1.29, 1.82) is 5.26 Å². The molecule has 1 aromatic rings. The zero-order chi connectivity index (χ0) is 14.2. The second-order valence-electron chi connectivity index (χ2n) is 5.18. The van der Waals surface area contributed by atoms with Gasteiger partial charge in [0.25, 0.3) is 5.91 Å². The van der Waals surface area contributed by atoms with Gasteiger partial charge in [-0.2, -0.15) is 5.26 Å². The van der Waals surface area contributed by atoms with Crippen molar-refractivity contribution in [3.05, 3.63) is 29.8 Å². The van der Waals surface area contributed by atoms with E-state index < -0.39 is 0 Å². The second kappa shape index (κ2) is 7.54. The minimum atomic E-state index is -0.0840. The maximum atomic E-state index is 11.9. The third-order valence-electron chi connectivity index (χ3n) is 3.55. The summed E-state index contributed by atoms with van der Waals surface area (Å²) in [5.74, 6) is 0.472. The van der Waals surface area contributed by atoms with E-state index >= 15 is 0 Å². The van der Waals surface area contributed by atoms with E-state index in [-0.39, 0.29) is 12.5 Å². The summed E-state index contributed by atoms with van der Waals surface area (Å²) in [5.41, 5.74) is 0.534. The van der Waals surface area contributed by atoms with Crippen molar-refractivity contribution in [2.24, 2.45) is 0 Å². The van der Waals surface area contributed by atoms with Gasteiger partial charge in [-0.3, -0.25) is 4.79 Å². The first kappa shape index (κ1) is 14.4. The Hall–Kier alpha value is -2.02. The van der Waals surface area contributed by atoms with Crippen LogP contribution in [0.15, 0.2) is 24.3 Å². The maximum absolute atomic E-state index is 11.9. The van der Waals surface area contributed by atoms with Crippen LogP contribution in [0, 0.1) is 11.3 Å². The highest BCUT2D eigenvalue weighted by Gasteiger charge is 2.14. The first-order valence-electron chi connectivity index (χ1n) is 7.20. The van der Waals surface area contributed by atoms with Gasteiger partial charge in [0.05, 0.1) is 11.6 Å². The fourth-order valence-corrected chi connectivity index (χ4v) is 2.50. The third kappa shape index (κ3) is 4.58. The molecule has 1 aliphatic rings. The Morgan fingerprint density at radius 2 is 2.05 bits per heavy atom. The van der Waals surface area contributed by atoms with Gasteiger partial charge in [0, 0.05) is 6.04 Å². The SMILES string of the molecule is N#Cc1cccc(OCC(=O)NC2CCCCCC2)c1. The molecule has 1 aliphatic carbocycles. The van der Waals surface area contributed by atoms with Crippen LogP contribution in [-0.2, 0) is 4.79 Å². The number of carbonyl (C=O) groups is 1. The smallest absolute Gasteiger partial charge is 0.258 e. The van der Waals surface area contributed by atoms with Crippen LogP contribution >= 0.6 is 0 Å². The molecular weight excluding hydrogens is 252 g/mol. The van der Waals surface area contributed by atoms with E-state index in [9.17, 15) is 4.79 Å². The molecule has 4 nitrogen and oxygen atoms in total. The van der Waals surface area contributed by atoms with E-state index in [0.717, 1.165) is 12.8 Å². The van der Waals surface area contributed by atoms with E-state index in [1.54, 1.807) is 24.3 Å². The van der Waals surface area contributed by atoms with Gasteiger partial charge in [-0.25, -0.2) is 0 Å². The lowest BCUT2D eigenvalue weighted by molar-refractivity contribution is -0.123. The van der Waals surface area contributed by atoms with Crippen LogP contribution < -0.4 is 10.1 Å². The number of rotatable bonds is 4. The lowest BCUT2D eigenvalue weighted by Crippen LogP contribution is -2.37. The Kier molecular flexibility index (Phi) is 5.43. The summed E-state index contributed by atoms with van der Waals surface area (Å²) in [4.78, 5) is 11.9. The highest BCUT2D eigenvalue weighted by atomic mass is 16.5. The Balaban J connectivity index is 1.78. The predicted molar refractivity (Wildman–Crippen MR) is 76.3 cm³/mol. The summed E-state index contributed by atoms with van der Waals surface area (Å²) < 4.78 is 5.42. The van der Waals surface area contributed by atoms with E-state index in [1.807, 2.05) is 6.07 Å². The average molecular weight is 272 g/mol. The van der Waals surface area contributed by atoms with Crippen molar-refractivity contribution >= 4 is 5.91 Å². The van der Waals surface area contributed by atoms with E-state index in [4.69, 9.17) is 10.00 Å². The van der Waals surface area contributed by atoms with Crippen molar-refractivity contribution < 1.29 is 9.53 Å². The Bertz CT molecular complexity index is 485. The van der Waals surface area contributed by atoms with Crippen LogP contribution in [-0.4, -0.2) is 18.6 Å². The summed E-state index contributed by atoms with van der Waals surface area (Å²) >= 11 is 0. The molecule has 20 heavy (non-hydrogen) atoms. The summed E-state index contributed by atoms with van der Waals surface area (Å²) in [6.07, 6.45) is 7.05.